The van der Waals surface area contributed by atoms with E-state index in [0.29, 0.717) is 16.8 Å². The Balaban J connectivity index is 1.80. The van der Waals surface area contributed by atoms with E-state index in [9.17, 15) is 14.4 Å². The minimum atomic E-state index is -0.210. The number of amides is 3. The molecule has 0 heterocycles. The third kappa shape index (κ3) is 5.17. The largest absolute Gasteiger partial charge is 0.355 e. The van der Waals surface area contributed by atoms with E-state index in [0.717, 1.165) is 5.56 Å². The molecule has 0 fully saturated rings. The van der Waals surface area contributed by atoms with Crippen LogP contribution in [0.3, 0.4) is 0 Å². The highest BCUT2D eigenvalue weighted by Gasteiger charge is 2.09. The fraction of sp³-hybridized carbons (Fsp3) is 0.211. The second kappa shape index (κ2) is 8.63. The molecule has 0 radical (unpaired) electrons. The van der Waals surface area contributed by atoms with Crippen LogP contribution in [0.5, 0.6) is 0 Å². The molecule has 3 N–H and O–H groups in total. The lowest BCUT2D eigenvalue weighted by molar-refractivity contribution is -0.116. The Morgan fingerprint density at radius 3 is 2.24 bits per heavy atom. The van der Waals surface area contributed by atoms with Crippen molar-refractivity contribution in [1.82, 2.24) is 10.6 Å². The van der Waals surface area contributed by atoms with E-state index in [4.69, 9.17) is 0 Å². The van der Waals surface area contributed by atoms with Gasteiger partial charge < -0.3 is 16.0 Å². The molecule has 0 unspecified atom stereocenters. The minimum Gasteiger partial charge on any atom is -0.355 e. The molecule has 0 bridgehead atoms. The number of benzene rings is 2. The Hall–Kier alpha value is -3.15. The maximum absolute atomic E-state index is 12.1. The van der Waals surface area contributed by atoms with E-state index in [2.05, 4.69) is 16.0 Å². The Morgan fingerprint density at radius 1 is 0.920 bits per heavy atom. The van der Waals surface area contributed by atoms with Crippen molar-refractivity contribution in [3.05, 3.63) is 65.2 Å². The van der Waals surface area contributed by atoms with Crippen LogP contribution in [-0.4, -0.2) is 31.3 Å². The lowest BCUT2D eigenvalue weighted by Gasteiger charge is -2.08. The van der Waals surface area contributed by atoms with Crippen molar-refractivity contribution in [2.75, 3.05) is 18.9 Å². The predicted molar refractivity (Wildman–Crippen MR) is 96.6 cm³/mol. The predicted octanol–water partition coefficient (Wildman–Crippen LogP) is 2.11. The quantitative estimate of drug-likeness (QED) is 0.753. The summed E-state index contributed by atoms with van der Waals surface area (Å²) in [6.07, 6.45) is 0.162. The van der Waals surface area contributed by atoms with Crippen molar-refractivity contribution < 1.29 is 14.4 Å². The van der Waals surface area contributed by atoms with Gasteiger partial charge in [0.05, 0.1) is 0 Å². The van der Waals surface area contributed by atoms with E-state index in [-0.39, 0.29) is 30.7 Å². The van der Waals surface area contributed by atoms with Crippen LogP contribution in [0, 0.1) is 6.92 Å². The van der Waals surface area contributed by atoms with Gasteiger partial charge in [0.15, 0.2) is 0 Å². The Morgan fingerprint density at radius 2 is 1.60 bits per heavy atom. The molecular weight excluding hydrogens is 318 g/mol. The maximum atomic E-state index is 12.1. The van der Waals surface area contributed by atoms with Crippen LogP contribution in [-0.2, 0) is 4.79 Å². The van der Waals surface area contributed by atoms with Crippen molar-refractivity contribution in [3.8, 4) is 0 Å². The Bertz CT molecular complexity index is 770. The van der Waals surface area contributed by atoms with Crippen LogP contribution in [0.2, 0.25) is 0 Å². The molecule has 2 aromatic rings. The Labute approximate surface area is 146 Å². The first-order valence-corrected chi connectivity index (χ1v) is 7.97. The summed E-state index contributed by atoms with van der Waals surface area (Å²) in [5.74, 6) is -0.588. The molecule has 0 aliphatic carbocycles. The molecule has 3 amide bonds. The summed E-state index contributed by atoms with van der Waals surface area (Å²) in [6.45, 7) is 2.11. The number of carbonyl (C=O) groups is 3. The summed E-state index contributed by atoms with van der Waals surface area (Å²) in [4.78, 5) is 35.4. The van der Waals surface area contributed by atoms with Crippen molar-refractivity contribution in [2.24, 2.45) is 0 Å². The molecule has 0 spiro atoms. The van der Waals surface area contributed by atoms with Gasteiger partial charge in [-0.15, -0.1) is 0 Å². The number of nitrogens with one attached hydrogen (secondary N) is 3. The van der Waals surface area contributed by atoms with Crippen LogP contribution in [0.4, 0.5) is 5.69 Å². The Kier molecular flexibility index (Phi) is 6.28. The third-order valence-corrected chi connectivity index (χ3v) is 3.69. The van der Waals surface area contributed by atoms with Crippen LogP contribution in [0.1, 0.15) is 32.7 Å². The zero-order valence-electron chi connectivity index (χ0n) is 14.3. The summed E-state index contributed by atoms with van der Waals surface area (Å²) < 4.78 is 0. The van der Waals surface area contributed by atoms with E-state index in [1.54, 1.807) is 43.4 Å². The van der Waals surface area contributed by atoms with Crippen molar-refractivity contribution in [3.63, 3.8) is 0 Å². The standard InChI is InChI=1S/C19H21N3O3/c1-13-5-3-4-6-16(13)19(25)21-12-11-17(23)22-15-9-7-14(8-10-15)18(24)20-2/h3-10H,11-12H2,1-2H3,(H,20,24)(H,21,25)(H,22,23). The van der Waals surface area contributed by atoms with Crippen LogP contribution >= 0.6 is 0 Å². The lowest BCUT2D eigenvalue weighted by Crippen LogP contribution is -2.28. The van der Waals surface area contributed by atoms with E-state index < -0.39 is 0 Å². The lowest BCUT2D eigenvalue weighted by atomic mass is 10.1. The molecular formula is C19H21N3O3. The summed E-state index contributed by atoms with van der Waals surface area (Å²) >= 11 is 0. The number of hydrogen-bond donors (Lipinski definition) is 3. The van der Waals surface area contributed by atoms with Gasteiger partial charge in [-0.3, -0.25) is 14.4 Å². The molecule has 0 atom stereocenters. The van der Waals surface area contributed by atoms with Crippen LogP contribution in [0.15, 0.2) is 48.5 Å². The van der Waals surface area contributed by atoms with Gasteiger partial charge in [-0.05, 0) is 42.8 Å². The molecule has 130 valence electrons. The smallest absolute Gasteiger partial charge is 0.251 e. The second-order valence-corrected chi connectivity index (χ2v) is 5.53. The van der Waals surface area contributed by atoms with Gasteiger partial charge in [0.25, 0.3) is 11.8 Å². The molecule has 2 aromatic carbocycles. The highest BCUT2D eigenvalue weighted by Crippen LogP contribution is 2.10. The van der Waals surface area contributed by atoms with Gasteiger partial charge >= 0.3 is 0 Å². The molecule has 0 aliphatic heterocycles. The number of hydrogen-bond acceptors (Lipinski definition) is 3. The van der Waals surface area contributed by atoms with Crippen molar-refractivity contribution >= 4 is 23.4 Å². The topological polar surface area (TPSA) is 87.3 Å². The van der Waals surface area contributed by atoms with E-state index in [1.165, 1.54) is 0 Å². The molecule has 0 saturated carbocycles. The van der Waals surface area contributed by atoms with Gasteiger partial charge in [0.2, 0.25) is 5.91 Å². The average Bonchev–Trinajstić information content (AvgIpc) is 2.62. The summed E-state index contributed by atoms with van der Waals surface area (Å²) in [7, 11) is 1.56. The van der Waals surface area contributed by atoms with Crippen LogP contribution < -0.4 is 16.0 Å². The zero-order valence-corrected chi connectivity index (χ0v) is 14.3. The fourth-order valence-electron chi connectivity index (χ4n) is 2.29. The first-order valence-electron chi connectivity index (χ1n) is 7.97. The number of rotatable bonds is 6. The highest BCUT2D eigenvalue weighted by molar-refractivity contribution is 5.97. The summed E-state index contributed by atoms with van der Waals surface area (Å²) in [6, 6.07) is 13.9. The molecule has 25 heavy (non-hydrogen) atoms. The summed E-state index contributed by atoms with van der Waals surface area (Å²) in [5, 5.41) is 8.00. The van der Waals surface area contributed by atoms with Gasteiger partial charge in [0.1, 0.15) is 0 Å². The first kappa shape index (κ1) is 18.2. The molecule has 6 heteroatoms. The SMILES string of the molecule is CNC(=O)c1ccc(NC(=O)CCNC(=O)c2ccccc2C)cc1. The highest BCUT2D eigenvalue weighted by atomic mass is 16.2. The number of carbonyl (C=O) groups excluding carboxylic acids is 3. The normalized spacial score (nSPS) is 10.0. The third-order valence-electron chi connectivity index (χ3n) is 3.69. The fourth-order valence-corrected chi connectivity index (χ4v) is 2.29. The van der Waals surface area contributed by atoms with Gasteiger partial charge in [-0.2, -0.15) is 0 Å². The zero-order chi connectivity index (χ0) is 18.2. The number of anilines is 1. The van der Waals surface area contributed by atoms with E-state index in [1.807, 2.05) is 19.1 Å². The van der Waals surface area contributed by atoms with Gasteiger partial charge in [0, 0.05) is 36.8 Å². The molecule has 0 aliphatic rings. The van der Waals surface area contributed by atoms with E-state index >= 15 is 0 Å². The average molecular weight is 339 g/mol. The minimum absolute atomic E-state index is 0.162. The van der Waals surface area contributed by atoms with Gasteiger partial charge in [-0.25, -0.2) is 0 Å². The van der Waals surface area contributed by atoms with Crippen LogP contribution in [0.25, 0.3) is 0 Å². The molecule has 2 rings (SSSR count). The second-order valence-electron chi connectivity index (χ2n) is 5.53. The molecule has 6 nitrogen and oxygen atoms in total. The summed E-state index contributed by atoms with van der Waals surface area (Å²) in [5.41, 5.74) is 2.61. The monoisotopic (exact) mass is 339 g/mol. The molecule has 0 aromatic heterocycles. The first-order chi connectivity index (χ1) is 12.0. The van der Waals surface area contributed by atoms with Gasteiger partial charge in [-0.1, -0.05) is 18.2 Å². The number of aryl methyl sites for hydroxylation is 1. The van der Waals surface area contributed by atoms with Crippen molar-refractivity contribution in [2.45, 2.75) is 13.3 Å². The van der Waals surface area contributed by atoms with Crippen molar-refractivity contribution in [1.29, 1.82) is 0 Å². The molecule has 0 saturated heterocycles. The maximum Gasteiger partial charge on any atom is 0.251 e.